The van der Waals surface area contributed by atoms with Crippen LogP contribution in [0.25, 0.3) is 0 Å². The number of nitriles is 1. The highest BCUT2D eigenvalue weighted by atomic mass is 32.1. The van der Waals surface area contributed by atoms with Crippen molar-refractivity contribution >= 4 is 22.2 Å². The highest BCUT2D eigenvalue weighted by Crippen LogP contribution is 2.36. The van der Waals surface area contributed by atoms with Crippen LogP contribution in [0.5, 0.6) is 0 Å². The molecule has 1 saturated heterocycles. The Labute approximate surface area is 124 Å². The fourth-order valence-electron chi connectivity index (χ4n) is 2.83. The third kappa shape index (κ3) is 2.58. The number of hydrogen-bond donors (Lipinski definition) is 2. The van der Waals surface area contributed by atoms with E-state index in [9.17, 15) is 10.1 Å². The van der Waals surface area contributed by atoms with Crippen LogP contribution in [0.15, 0.2) is 0 Å². The lowest BCUT2D eigenvalue weighted by molar-refractivity contribution is -0.125. The topological polar surface area (TPSA) is 64.9 Å². The first-order chi connectivity index (χ1) is 9.54. The highest BCUT2D eigenvalue weighted by molar-refractivity contribution is 7.16. The molecule has 0 spiro atoms. The Bertz CT molecular complexity index is 550. The lowest BCUT2D eigenvalue weighted by atomic mass is 9.81. The van der Waals surface area contributed by atoms with Crippen molar-refractivity contribution in [3.8, 4) is 6.07 Å². The van der Waals surface area contributed by atoms with Gasteiger partial charge in [0.15, 0.2) is 0 Å². The van der Waals surface area contributed by atoms with Crippen LogP contribution in [0.2, 0.25) is 0 Å². The molecule has 108 valence electrons. The monoisotopic (exact) mass is 291 g/mol. The first kappa shape index (κ1) is 15.0. The van der Waals surface area contributed by atoms with Crippen LogP contribution in [0, 0.1) is 30.6 Å². The molecule has 1 aliphatic rings. The Morgan fingerprint density at radius 2 is 2.30 bits per heavy atom. The van der Waals surface area contributed by atoms with Gasteiger partial charge in [0.1, 0.15) is 11.1 Å². The number of thiophene rings is 1. The number of nitrogens with one attached hydrogen (secondary N) is 2. The second kappa shape index (κ2) is 5.94. The zero-order valence-corrected chi connectivity index (χ0v) is 13.1. The van der Waals surface area contributed by atoms with Crippen molar-refractivity contribution in [1.29, 1.82) is 5.26 Å². The Kier molecular flexibility index (Phi) is 4.46. The Balaban J connectivity index is 2.23. The van der Waals surface area contributed by atoms with Crippen molar-refractivity contribution in [1.82, 2.24) is 5.32 Å². The summed E-state index contributed by atoms with van der Waals surface area (Å²) in [5, 5.41) is 16.3. The van der Waals surface area contributed by atoms with E-state index in [0.29, 0.717) is 10.6 Å². The molecule has 1 fully saturated rings. The molecule has 0 saturated carbocycles. The molecule has 1 unspecified atom stereocenters. The summed E-state index contributed by atoms with van der Waals surface area (Å²) in [6.45, 7) is 7.64. The smallest absolute Gasteiger partial charge is 0.232 e. The number of carbonyl (C=O) groups is 1. The molecule has 2 heterocycles. The van der Waals surface area contributed by atoms with Gasteiger partial charge in [-0.15, -0.1) is 11.3 Å². The van der Waals surface area contributed by atoms with Gasteiger partial charge in [0, 0.05) is 11.4 Å². The Morgan fingerprint density at radius 3 is 2.85 bits per heavy atom. The van der Waals surface area contributed by atoms with Crippen molar-refractivity contribution in [3.63, 3.8) is 0 Å². The SMILES string of the molecule is CCCC1(C(=O)Nc2sc(C)c(C)c2C#N)CCNC1. The molecule has 2 N–H and O–H groups in total. The maximum absolute atomic E-state index is 12.7. The number of aryl methyl sites for hydroxylation is 1. The van der Waals surface area contributed by atoms with Gasteiger partial charge in [0.25, 0.3) is 0 Å². The molecule has 1 atom stereocenters. The van der Waals surface area contributed by atoms with Gasteiger partial charge in [-0.1, -0.05) is 13.3 Å². The van der Waals surface area contributed by atoms with Gasteiger partial charge in [-0.3, -0.25) is 4.79 Å². The van der Waals surface area contributed by atoms with Gasteiger partial charge in [-0.2, -0.15) is 5.26 Å². The first-order valence-corrected chi connectivity index (χ1v) is 7.88. The molecule has 0 radical (unpaired) electrons. The molecule has 1 aromatic rings. The van der Waals surface area contributed by atoms with Gasteiger partial charge < -0.3 is 10.6 Å². The zero-order chi connectivity index (χ0) is 14.8. The summed E-state index contributed by atoms with van der Waals surface area (Å²) < 4.78 is 0. The van der Waals surface area contributed by atoms with E-state index in [4.69, 9.17) is 0 Å². The molecule has 0 aromatic carbocycles. The number of anilines is 1. The Morgan fingerprint density at radius 1 is 1.55 bits per heavy atom. The number of hydrogen-bond acceptors (Lipinski definition) is 4. The minimum atomic E-state index is -0.312. The van der Waals surface area contributed by atoms with Crippen LogP contribution in [0.1, 0.15) is 42.2 Å². The number of carbonyl (C=O) groups excluding carboxylic acids is 1. The van der Waals surface area contributed by atoms with Crippen molar-refractivity contribution in [2.75, 3.05) is 18.4 Å². The van der Waals surface area contributed by atoms with Crippen molar-refractivity contribution < 1.29 is 4.79 Å². The lowest BCUT2D eigenvalue weighted by Crippen LogP contribution is -2.38. The fourth-order valence-corrected chi connectivity index (χ4v) is 3.83. The second-order valence-corrected chi connectivity index (χ2v) is 6.74. The summed E-state index contributed by atoms with van der Waals surface area (Å²) in [6.07, 6.45) is 2.75. The predicted octanol–water partition coefficient (Wildman–Crippen LogP) is 2.95. The van der Waals surface area contributed by atoms with Crippen LogP contribution in [0.3, 0.4) is 0 Å². The summed E-state index contributed by atoms with van der Waals surface area (Å²) in [5.41, 5.74) is 1.27. The maximum Gasteiger partial charge on any atom is 0.232 e. The van der Waals surface area contributed by atoms with Gasteiger partial charge >= 0.3 is 0 Å². The summed E-state index contributed by atoms with van der Waals surface area (Å²) in [5.74, 6) is 0.0575. The van der Waals surface area contributed by atoms with E-state index in [1.54, 1.807) is 0 Å². The van der Waals surface area contributed by atoms with E-state index in [2.05, 4.69) is 23.6 Å². The quantitative estimate of drug-likeness (QED) is 0.896. The average Bonchev–Trinajstić information content (AvgIpc) is 2.98. The summed E-state index contributed by atoms with van der Waals surface area (Å²) in [7, 11) is 0. The van der Waals surface area contributed by atoms with E-state index in [1.165, 1.54) is 11.3 Å². The van der Waals surface area contributed by atoms with Crippen LogP contribution >= 0.6 is 11.3 Å². The third-order valence-electron chi connectivity index (χ3n) is 4.18. The number of rotatable bonds is 4. The lowest BCUT2D eigenvalue weighted by Gasteiger charge is -2.26. The van der Waals surface area contributed by atoms with Crippen LogP contribution in [-0.2, 0) is 4.79 Å². The number of amides is 1. The molecular weight excluding hydrogens is 270 g/mol. The summed E-state index contributed by atoms with van der Waals surface area (Å²) in [4.78, 5) is 13.8. The van der Waals surface area contributed by atoms with E-state index in [-0.39, 0.29) is 11.3 Å². The van der Waals surface area contributed by atoms with Gasteiger partial charge in [-0.05, 0) is 38.8 Å². The average molecular weight is 291 g/mol. The normalized spacial score (nSPS) is 21.7. The van der Waals surface area contributed by atoms with Crippen LogP contribution in [0.4, 0.5) is 5.00 Å². The van der Waals surface area contributed by atoms with E-state index in [1.807, 2.05) is 13.8 Å². The van der Waals surface area contributed by atoms with Crippen LogP contribution < -0.4 is 10.6 Å². The molecule has 4 nitrogen and oxygen atoms in total. The number of nitrogens with zero attached hydrogens (tertiary/aromatic N) is 1. The Hall–Kier alpha value is -1.38. The fraction of sp³-hybridized carbons (Fsp3) is 0.600. The standard InChI is InChI=1S/C15H21N3OS/c1-4-5-15(6-7-17-9-15)14(19)18-13-12(8-16)10(2)11(3)20-13/h17H,4-7,9H2,1-3H3,(H,18,19). The molecule has 1 amide bonds. The van der Waals surface area contributed by atoms with Gasteiger partial charge in [0.05, 0.1) is 11.0 Å². The molecule has 1 aliphatic heterocycles. The molecule has 0 bridgehead atoms. The summed E-state index contributed by atoms with van der Waals surface area (Å²) in [6, 6.07) is 2.21. The minimum absolute atomic E-state index is 0.0575. The predicted molar refractivity (Wildman–Crippen MR) is 82.0 cm³/mol. The zero-order valence-electron chi connectivity index (χ0n) is 12.3. The van der Waals surface area contributed by atoms with Crippen molar-refractivity contribution in [2.24, 2.45) is 5.41 Å². The molecule has 1 aromatic heterocycles. The van der Waals surface area contributed by atoms with Crippen molar-refractivity contribution in [3.05, 3.63) is 16.0 Å². The van der Waals surface area contributed by atoms with Crippen molar-refractivity contribution in [2.45, 2.75) is 40.0 Å². The molecule has 2 rings (SSSR count). The molecule has 5 heteroatoms. The van der Waals surface area contributed by atoms with E-state index in [0.717, 1.165) is 42.8 Å². The highest BCUT2D eigenvalue weighted by Gasteiger charge is 2.40. The second-order valence-electron chi connectivity index (χ2n) is 5.51. The third-order valence-corrected chi connectivity index (χ3v) is 5.30. The summed E-state index contributed by atoms with van der Waals surface area (Å²) >= 11 is 1.49. The molecule has 20 heavy (non-hydrogen) atoms. The van der Waals surface area contributed by atoms with E-state index >= 15 is 0 Å². The van der Waals surface area contributed by atoms with Crippen LogP contribution in [-0.4, -0.2) is 19.0 Å². The van der Waals surface area contributed by atoms with Gasteiger partial charge in [0.2, 0.25) is 5.91 Å². The largest absolute Gasteiger partial charge is 0.316 e. The van der Waals surface area contributed by atoms with E-state index < -0.39 is 0 Å². The molecular formula is C15H21N3OS. The maximum atomic E-state index is 12.7. The molecule has 0 aliphatic carbocycles. The first-order valence-electron chi connectivity index (χ1n) is 7.06. The minimum Gasteiger partial charge on any atom is -0.316 e. The van der Waals surface area contributed by atoms with Gasteiger partial charge in [-0.25, -0.2) is 0 Å².